The zero-order valence-electron chi connectivity index (χ0n) is 46.0. The Kier molecular flexibility index (Phi) is 57.6. The van der Waals surface area contributed by atoms with Crippen molar-refractivity contribution in [2.75, 3.05) is 72.7 Å². The van der Waals surface area contributed by atoms with Crippen molar-refractivity contribution in [1.82, 2.24) is 0 Å². The van der Waals surface area contributed by atoms with Crippen LogP contribution in [0.15, 0.2) is 88.1 Å². The molecule has 0 rings (SSSR count). The number of carbonyl (C=O) groups is 8. The highest BCUT2D eigenvalue weighted by Crippen LogP contribution is 2.10. The monoisotopic (exact) mass is 1100 g/mol. The zero-order valence-corrected chi connectivity index (χ0v) is 46.0. The molecule has 4 atom stereocenters. The molecular formula is C56H90O21. The summed E-state index contributed by atoms with van der Waals surface area (Å²) in [7, 11) is 0. The largest absolute Gasteiger partial charge is 0.463 e. The second kappa shape index (κ2) is 57.4. The fraction of sp³-hybridized carbons (Fsp3) is 0.607. The third-order valence-electron chi connectivity index (χ3n) is 9.36. The van der Waals surface area contributed by atoms with E-state index in [2.05, 4.69) is 65.0 Å². The number of aliphatic hydroxyl groups is 3. The van der Waals surface area contributed by atoms with Gasteiger partial charge in [-0.3, -0.25) is 4.79 Å². The molecule has 0 spiro atoms. The molecule has 0 saturated carbocycles. The summed E-state index contributed by atoms with van der Waals surface area (Å²) >= 11 is 0. The fourth-order valence-electron chi connectivity index (χ4n) is 5.18. The lowest BCUT2D eigenvalue weighted by Crippen LogP contribution is -2.29. The van der Waals surface area contributed by atoms with Gasteiger partial charge in [0, 0.05) is 48.5 Å². The van der Waals surface area contributed by atoms with Gasteiger partial charge in [-0.1, -0.05) is 124 Å². The average molecular weight is 1100 g/mol. The van der Waals surface area contributed by atoms with Gasteiger partial charge in [0.25, 0.3) is 0 Å². The Morgan fingerprint density at radius 3 is 0.974 bits per heavy atom. The molecule has 0 heterocycles. The van der Waals surface area contributed by atoms with Crippen LogP contribution in [0.5, 0.6) is 0 Å². The second-order valence-electron chi connectivity index (χ2n) is 16.5. The molecule has 0 radical (unpaired) electrons. The standard InChI is InChI=1S/C16H26O4.C15H24O8.C15H24O4.C10H16O5/c1-3-15(17)19-13-11-9-7-5-6-8-10-12-14-20-16(18)4-2;1-4-14(18)22-9-12(16)7-20-6-11(3)21-8-13(17)10-23-15(19)5-2;1-3-14(16)18-12-10-8-6-5-7-9-11-13-19-15(17)4-2;1-4-9(12)14-5-8(11)6-15-10(13)7(2)3/h3-4H,1-2,5-14H2;4-5,11-13,16-17H,1-2,6-10H2,3H3;3-4H,1-2,5-13H2;8,11H,2,4-6H2,1,3H3. The Bertz CT molecular complexity index is 1630. The number of carbonyl (C=O) groups excluding carboxylic acids is 8. The minimum absolute atomic E-state index is 0.0301. The summed E-state index contributed by atoms with van der Waals surface area (Å²) in [5, 5.41) is 28.3. The van der Waals surface area contributed by atoms with Gasteiger partial charge in [-0.2, -0.15) is 0 Å². The number of rotatable bonds is 44. The van der Waals surface area contributed by atoms with Gasteiger partial charge in [0.05, 0.1) is 52.4 Å². The molecule has 0 amide bonds. The summed E-state index contributed by atoms with van der Waals surface area (Å²) in [6.45, 7) is 29.3. The van der Waals surface area contributed by atoms with Crippen molar-refractivity contribution < 1.29 is 101 Å². The van der Waals surface area contributed by atoms with Crippen LogP contribution >= 0.6 is 0 Å². The van der Waals surface area contributed by atoms with E-state index in [1.54, 1.807) is 13.8 Å². The molecule has 0 bridgehead atoms. The maximum Gasteiger partial charge on any atom is 0.333 e. The van der Waals surface area contributed by atoms with Gasteiger partial charge in [-0.15, -0.1) is 0 Å². The third kappa shape index (κ3) is 62.2. The molecule has 0 fully saturated rings. The van der Waals surface area contributed by atoms with E-state index >= 15 is 0 Å². The first-order chi connectivity index (χ1) is 36.8. The van der Waals surface area contributed by atoms with Crippen molar-refractivity contribution in [3.63, 3.8) is 0 Å². The topological polar surface area (TPSA) is 290 Å². The van der Waals surface area contributed by atoms with Crippen molar-refractivity contribution >= 4 is 47.8 Å². The smallest absolute Gasteiger partial charge is 0.333 e. The summed E-state index contributed by atoms with van der Waals surface area (Å²) in [6, 6.07) is 0. The Morgan fingerprint density at radius 1 is 0.390 bits per heavy atom. The molecule has 0 aromatic heterocycles. The molecule has 0 aromatic carbocycles. The van der Waals surface area contributed by atoms with Gasteiger partial charge in [0.1, 0.15) is 44.7 Å². The van der Waals surface area contributed by atoms with Crippen LogP contribution < -0.4 is 0 Å². The van der Waals surface area contributed by atoms with Crippen molar-refractivity contribution in [3.05, 3.63) is 88.1 Å². The number of ether oxygens (including phenoxy) is 10. The van der Waals surface area contributed by atoms with Gasteiger partial charge in [0.15, 0.2) is 0 Å². The zero-order chi connectivity index (χ0) is 58.9. The molecule has 21 nitrogen and oxygen atoms in total. The fourth-order valence-corrected chi connectivity index (χ4v) is 5.18. The van der Waals surface area contributed by atoms with E-state index in [-0.39, 0.29) is 88.2 Å². The number of hydrogen-bond acceptors (Lipinski definition) is 21. The molecule has 77 heavy (non-hydrogen) atoms. The molecule has 0 aliphatic rings. The maximum absolute atomic E-state index is 10.9. The summed E-state index contributed by atoms with van der Waals surface area (Å²) in [6.07, 6.45) is 19.8. The second-order valence-corrected chi connectivity index (χ2v) is 16.5. The molecule has 4 unspecified atom stereocenters. The summed E-state index contributed by atoms with van der Waals surface area (Å²) in [5.74, 6) is -3.61. The lowest BCUT2D eigenvalue weighted by atomic mass is 10.1. The van der Waals surface area contributed by atoms with E-state index in [4.69, 9.17) is 28.4 Å². The highest BCUT2D eigenvalue weighted by atomic mass is 16.6. The van der Waals surface area contributed by atoms with Crippen LogP contribution in [0.1, 0.15) is 124 Å². The minimum atomic E-state index is -0.996. The molecule has 3 N–H and O–H groups in total. The number of aliphatic hydroxyl groups excluding tert-OH is 3. The van der Waals surface area contributed by atoms with Crippen LogP contribution in [0.4, 0.5) is 0 Å². The lowest BCUT2D eigenvalue weighted by Gasteiger charge is -2.17. The average Bonchev–Trinajstić information content (AvgIpc) is 3.43. The maximum atomic E-state index is 10.9. The van der Waals surface area contributed by atoms with Crippen molar-refractivity contribution in [3.8, 4) is 0 Å². The minimum Gasteiger partial charge on any atom is -0.463 e. The number of esters is 8. The van der Waals surface area contributed by atoms with Crippen LogP contribution in [-0.4, -0.2) is 160 Å². The Hall–Kier alpha value is -6.26. The van der Waals surface area contributed by atoms with Crippen LogP contribution in [-0.2, 0) is 85.7 Å². The molecule has 0 aliphatic heterocycles. The van der Waals surface area contributed by atoms with Gasteiger partial charge in [-0.25, -0.2) is 33.6 Å². The summed E-state index contributed by atoms with van der Waals surface area (Å²) in [5.41, 5.74) is 0.257. The molecule has 0 saturated heterocycles. The predicted octanol–water partition coefficient (Wildman–Crippen LogP) is 6.75. The van der Waals surface area contributed by atoms with E-state index in [0.717, 1.165) is 95.6 Å². The predicted molar refractivity (Wildman–Crippen MR) is 287 cm³/mol. The summed E-state index contributed by atoms with van der Waals surface area (Å²) in [4.78, 5) is 86.2. The Balaban J connectivity index is -0.000000466. The first-order valence-electron chi connectivity index (χ1n) is 25.7. The van der Waals surface area contributed by atoms with Gasteiger partial charge < -0.3 is 62.7 Å². The first-order valence-corrected chi connectivity index (χ1v) is 25.7. The van der Waals surface area contributed by atoms with Gasteiger partial charge in [0.2, 0.25) is 0 Å². The SMILES string of the molecule is C=C(C)C(=O)OCC(O)COC(=O)CC.C=CC(=O)OCC(O)COCC(C)OCC(O)COC(=O)C=C.C=CC(=O)OCCCCCCCCCCOC(=O)C=C.C=CC(=O)OCCCCCCCCCOC(=O)C=C. The highest BCUT2D eigenvalue weighted by molar-refractivity contribution is 5.87. The summed E-state index contributed by atoms with van der Waals surface area (Å²) < 4.78 is 48.6. The van der Waals surface area contributed by atoms with Crippen LogP contribution in [0.3, 0.4) is 0 Å². The molecule has 21 heteroatoms. The van der Waals surface area contributed by atoms with E-state index in [9.17, 15) is 53.7 Å². The van der Waals surface area contributed by atoms with Crippen LogP contribution in [0, 0.1) is 0 Å². The third-order valence-corrected chi connectivity index (χ3v) is 9.36. The highest BCUT2D eigenvalue weighted by Gasteiger charge is 2.13. The Morgan fingerprint density at radius 2 is 0.662 bits per heavy atom. The van der Waals surface area contributed by atoms with E-state index in [0.29, 0.717) is 26.4 Å². The van der Waals surface area contributed by atoms with Crippen LogP contribution in [0.2, 0.25) is 0 Å². The Labute approximate surface area is 456 Å². The van der Waals surface area contributed by atoms with Crippen molar-refractivity contribution in [2.45, 2.75) is 148 Å². The molecule has 0 aromatic rings. The van der Waals surface area contributed by atoms with Crippen molar-refractivity contribution in [1.29, 1.82) is 0 Å². The van der Waals surface area contributed by atoms with Gasteiger partial charge in [-0.05, 0) is 39.5 Å². The lowest BCUT2D eigenvalue weighted by molar-refractivity contribution is -0.150. The molecule has 440 valence electrons. The van der Waals surface area contributed by atoms with Crippen LogP contribution in [0.25, 0.3) is 0 Å². The van der Waals surface area contributed by atoms with E-state index in [1.165, 1.54) is 44.1 Å². The van der Waals surface area contributed by atoms with Crippen molar-refractivity contribution in [2.24, 2.45) is 0 Å². The molecule has 0 aliphatic carbocycles. The molecular weight excluding hydrogens is 1010 g/mol. The van der Waals surface area contributed by atoms with Gasteiger partial charge >= 0.3 is 47.8 Å². The van der Waals surface area contributed by atoms with E-state index in [1.807, 2.05) is 0 Å². The first kappa shape index (κ1) is 77.2. The number of hydrogen-bond donors (Lipinski definition) is 3. The van der Waals surface area contributed by atoms with E-state index < -0.39 is 42.2 Å². The normalized spacial score (nSPS) is 11.5. The number of unbranched alkanes of at least 4 members (excludes halogenated alkanes) is 13. The quantitative estimate of drug-likeness (QED) is 0.0246.